The lowest BCUT2D eigenvalue weighted by Gasteiger charge is -2.40. The van der Waals surface area contributed by atoms with Crippen LogP contribution in [0.2, 0.25) is 0 Å². The number of benzene rings is 1. The molecule has 94 valence electrons. The zero-order chi connectivity index (χ0) is 12.5. The zero-order valence-corrected chi connectivity index (χ0v) is 10.1. The maximum absolute atomic E-state index is 10.9. The highest BCUT2D eigenvalue weighted by atomic mass is 16.6. The molecule has 0 bridgehead atoms. The van der Waals surface area contributed by atoms with Crippen LogP contribution >= 0.6 is 0 Å². The topological polar surface area (TPSA) is 55.2 Å². The van der Waals surface area contributed by atoms with Crippen molar-refractivity contribution < 1.29 is 4.92 Å². The molecule has 0 amide bonds. The summed E-state index contributed by atoms with van der Waals surface area (Å²) in [4.78, 5) is 10.6. The molecular formula is C14H16N2O2. The fourth-order valence-electron chi connectivity index (χ4n) is 3.03. The second-order valence-electron chi connectivity index (χ2n) is 5.11. The van der Waals surface area contributed by atoms with Gasteiger partial charge in [0.25, 0.3) is 5.69 Å². The van der Waals surface area contributed by atoms with Crippen molar-refractivity contribution in [2.24, 2.45) is 11.8 Å². The minimum atomic E-state index is -0.309. The second kappa shape index (κ2) is 4.53. The van der Waals surface area contributed by atoms with Crippen LogP contribution in [-0.4, -0.2) is 11.0 Å². The largest absolute Gasteiger partial charge is 0.309 e. The van der Waals surface area contributed by atoms with E-state index in [0.29, 0.717) is 18.5 Å². The monoisotopic (exact) mass is 244 g/mol. The Balaban J connectivity index is 1.63. The number of hydrogen-bond acceptors (Lipinski definition) is 3. The number of para-hydroxylation sites is 1. The van der Waals surface area contributed by atoms with Gasteiger partial charge in [-0.05, 0) is 24.7 Å². The first-order valence-electron chi connectivity index (χ1n) is 6.38. The average molecular weight is 244 g/mol. The molecule has 0 aromatic heterocycles. The molecule has 1 aromatic carbocycles. The minimum absolute atomic E-state index is 0.211. The Hall–Kier alpha value is -1.68. The number of fused-ring (bicyclic) bond motifs is 1. The van der Waals surface area contributed by atoms with Crippen LogP contribution in [0.1, 0.15) is 18.4 Å². The number of rotatable bonds is 4. The fourth-order valence-corrected chi connectivity index (χ4v) is 3.03. The summed E-state index contributed by atoms with van der Waals surface area (Å²) in [6.07, 6.45) is 6.93. The van der Waals surface area contributed by atoms with Crippen LogP contribution in [0, 0.1) is 22.0 Å². The maximum Gasteiger partial charge on any atom is 0.273 e. The van der Waals surface area contributed by atoms with E-state index < -0.39 is 0 Å². The van der Waals surface area contributed by atoms with Crippen LogP contribution in [0.3, 0.4) is 0 Å². The van der Waals surface area contributed by atoms with E-state index in [2.05, 4.69) is 17.5 Å². The highest BCUT2D eigenvalue weighted by Crippen LogP contribution is 2.42. The van der Waals surface area contributed by atoms with Crippen molar-refractivity contribution in [1.29, 1.82) is 0 Å². The Bertz CT molecular complexity index is 498. The van der Waals surface area contributed by atoms with E-state index in [0.717, 1.165) is 11.5 Å². The number of nitro benzene ring substituents is 1. The number of nitrogens with zero attached hydrogens (tertiary/aromatic N) is 1. The van der Waals surface area contributed by atoms with Crippen LogP contribution in [0.4, 0.5) is 5.69 Å². The number of allylic oxidation sites excluding steroid dienone is 1. The van der Waals surface area contributed by atoms with Gasteiger partial charge in [0, 0.05) is 24.2 Å². The predicted octanol–water partition coefficient (Wildman–Crippen LogP) is 2.65. The Morgan fingerprint density at radius 3 is 3.00 bits per heavy atom. The van der Waals surface area contributed by atoms with Gasteiger partial charge < -0.3 is 5.32 Å². The Kier molecular flexibility index (Phi) is 2.88. The molecule has 2 aliphatic carbocycles. The van der Waals surface area contributed by atoms with Gasteiger partial charge in [0.2, 0.25) is 0 Å². The predicted molar refractivity (Wildman–Crippen MR) is 69.1 cm³/mol. The van der Waals surface area contributed by atoms with Crippen molar-refractivity contribution in [3.05, 3.63) is 52.1 Å². The molecule has 18 heavy (non-hydrogen) atoms. The molecule has 1 aromatic rings. The van der Waals surface area contributed by atoms with E-state index in [4.69, 9.17) is 0 Å². The summed E-state index contributed by atoms with van der Waals surface area (Å²) in [7, 11) is 0. The van der Waals surface area contributed by atoms with Gasteiger partial charge in [-0.1, -0.05) is 30.4 Å². The Morgan fingerprint density at radius 2 is 2.22 bits per heavy atom. The molecule has 2 aliphatic rings. The molecule has 3 rings (SSSR count). The summed E-state index contributed by atoms with van der Waals surface area (Å²) in [6, 6.07) is 7.44. The average Bonchev–Trinajstić information content (AvgIpc) is 2.71. The third-order valence-electron chi connectivity index (χ3n) is 4.11. The molecule has 3 unspecified atom stereocenters. The van der Waals surface area contributed by atoms with E-state index in [1.807, 2.05) is 12.1 Å². The van der Waals surface area contributed by atoms with Crippen molar-refractivity contribution in [3.8, 4) is 0 Å². The smallest absolute Gasteiger partial charge is 0.273 e. The van der Waals surface area contributed by atoms with Crippen molar-refractivity contribution in [2.45, 2.75) is 25.4 Å². The van der Waals surface area contributed by atoms with E-state index in [-0.39, 0.29) is 10.6 Å². The van der Waals surface area contributed by atoms with Gasteiger partial charge >= 0.3 is 0 Å². The standard InChI is InChI=1S/C14H16N2O2/c17-16(18)14-7-2-1-4-11(14)9-15-13-8-10-5-3-6-12(10)13/h1-4,6-7,10,12-13,15H,5,8-9H2. The fraction of sp³-hybridized carbons (Fsp3) is 0.429. The van der Waals surface area contributed by atoms with Crippen molar-refractivity contribution >= 4 is 5.69 Å². The highest BCUT2D eigenvalue weighted by molar-refractivity contribution is 5.39. The first-order chi connectivity index (χ1) is 8.75. The lowest BCUT2D eigenvalue weighted by Crippen LogP contribution is -2.47. The van der Waals surface area contributed by atoms with Crippen molar-refractivity contribution in [1.82, 2.24) is 5.32 Å². The minimum Gasteiger partial charge on any atom is -0.309 e. The molecule has 0 spiro atoms. The van der Waals surface area contributed by atoms with E-state index in [1.54, 1.807) is 12.1 Å². The highest BCUT2D eigenvalue weighted by Gasteiger charge is 2.40. The van der Waals surface area contributed by atoms with Gasteiger partial charge in [-0.2, -0.15) is 0 Å². The van der Waals surface area contributed by atoms with Crippen LogP contribution in [-0.2, 0) is 6.54 Å². The lowest BCUT2D eigenvalue weighted by molar-refractivity contribution is -0.385. The zero-order valence-electron chi connectivity index (χ0n) is 10.1. The van der Waals surface area contributed by atoms with E-state index in [1.165, 1.54) is 12.8 Å². The SMILES string of the molecule is O=[N+]([O-])c1ccccc1CNC1CC2CC=CC21. The van der Waals surface area contributed by atoms with Crippen LogP contribution in [0.5, 0.6) is 0 Å². The first-order valence-corrected chi connectivity index (χ1v) is 6.38. The molecule has 0 aliphatic heterocycles. The third-order valence-corrected chi connectivity index (χ3v) is 4.11. The molecular weight excluding hydrogens is 228 g/mol. The first kappa shape index (κ1) is 11.4. The Morgan fingerprint density at radius 1 is 1.39 bits per heavy atom. The van der Waals surface area contributed by atoms with E-state index in [9.17, 15) is 10.1 Å². The van der Waals surface area contributed by atoms with Gasteiger partial charge in [-0.15, -0.1) is 0 Å². The van der Waals surface area contributed by atoms with Crippen LogP contribution < -0.4 is 5.32 Å². The third kappa shape index (κ3) is 1.93. The Labute approximate surface area is 106 Å². The van der Waals surface area contributed by atoms with Crippen LogP contribution in [0.15, 0.2) is 36.4 Å². The maximum atomic E-state index is 10.9. The number of nitro groups is 1. The van der Waals surface area contributed by atoms with Crippen molar-refractivity contribution in [3.63, 3.8) is 0 Å². The summed E-state index contributed by atoms with van der Waals surface area (Å²) in [5.41, 5.74) is 0.982. The molecule has 4 heteroatoms. The van der Waals surface area contributed by atoms with Gasteiger partial charge in [0.15, 0.2) is 0 Å². The van der Waals surface area contributed by atoms with Gasteiger partial charge in [0.05, 0.1) is 4.92 Å². The number of nitrogens with one attached hydrogen (secondary N) is 1. The van der Waals surface area contributed by atoms with Crippen LogP contribution in [0.25, 0.3) is 0 Å². The summed E-state index contributed by atoms with van der Waals surface area (Å²) >= 11 is 0. The van der Waals surface area contributed by atoms with Crippen molar-refractivity contribution in [2.75, 3.05) is 0 Å². The lowest BCUT2D eigenvalue weighted by atomic mass is 9.71. The summed E-state index contributed by atoms with van der Waals surface area (Å²) in [5.74, 6) is 1.46. The quantitative estimate of drug-likeness (QED) is 0.503. The molecule has 1 saturated carbocycles. The van der Waals surface area contributed by atoms with Gasteiger partial charge in [-0.3, -0.25) is 10.1 Å². The molecule has 1 fully saturated rings. The van der Waals surface area contributed by atoms with E-state index >= 15 is 0 Å². The molecule has 0 heterocycles. The normalized spacial score (nSPS) is 28.8. The van der Waals surface area contributed by atoms with Gasteiger partial charge in [0.1, 0.15) is 0 Å². The summed E-state index contributed by atoms with van der Waals surface area (Å²) in [6.45, 7) is 0.582. The molecule has 0 saturated heterocycles. The summed E-state index contributed by atoms with van der Waals surface area (Å²) < 4.78 is 0. The molecule has 0 radical (unpaired) electrons. The molecule has 3 atom stereocenters. The van der Waals surface area contributed by atoms with Gasteiger partial charge in [-0.25, -0.2) is 0 Å². The number of hydrogen-bond donors (Lipinski definition) is 1. The second-order valence-corrected chi connectivity index (χ2v) is 5.11. The summed E-state index contributed by atoms with van der Waals surface area (Å²) in [5, 5.41) is 14.3. The molecule has 1 N–H and O–H groups in total. The molecule has 4 nitrogen and oxygen atoms in total.